The Hall–Kier alpha value is -2.12. The number of nitrogens with zero attached hydrogens (tertiary/aromatic N) is 2. The van der Waals surface area contributed by atoms with Crippen molar-refractivity contribution >= 4 is 11.8 Å². The molecule has 8 heteroatoms. The second kappa shape index (κ2) is 6.97. The summed E-state index contributed by atoms with van der Waals surface area (Å²) < 4.78 is 49.8. The van der Waals surface area contributed by atoms with Gasteiger partial charge in [0.15, 0.2) is 0 Å². The van der Waals surface area contributed by atoms with Gasteiger partial charge in [-0.25, -0.2) is 4.39 Å². The molecule has 0 radical (unpaired) electrons. The minimum Gasteiger partial charge on any atom is -0.339 e. The third-order valence-electron chi connectivity index (χ3n) is 3.70. The van der Waals surface area contributed by atoms with Gasteiger partial charge >= 0.3 is 12.1 Å². The summed E-state index contributed by atoms with van der Waals surface area (Å²) in [6.07, 6.45) is -4.26. The maximum atomic E-state index is 12.8. The topological polar surface area (TPSA) is 40.6 Å². The second-order valence-corrected chi connectivity index (χ2v) is 5.30. The summed E-state index contributed by atoms with van der Waals surface area (Å²) >= 11 is 0. The van der Waals surface area contributed by atoms with Gasteiger partial charge in [-0.2, -0.15) is 13.2 Å². The van der Waals surface area contributed by atoms with Crippen LogP contribution in [0.25, 0.3) is 0 Å². The van der Waals surface area contributed by atoms with Gasteiger partial charge < -0.3 is 9.80 Å². The summed E-state index contributed by atoms with van der Waals surface area (Å²) in [6.45, 7) is -0.0740. The number of alkyl halides is 3. The quantitative estimate of drug-likeness (QED) is 0.795. The first-order valence-corrected chi connectivity index (χ1v) is 7.15. The highest BCUT2D eigenvalue weighted by molar-refractivity contribution is 5.82. The van der Waals surface area contributed by atoms with E-state index in [4.69, 9.17) is 0 Å². The number of aryl methyl sites for hydroxylation is 1. The molecular formula is C15H16F4N2O2. The van der Waals surface area contributed by atoms with Gasteiger partial charge in [-0.15, -0.1) is 0 Å². The maximum Gasteiger partial charge on any atom is 0.471 e. The van der Waals surface area contributed by atoms with Gasteiger partial charge in [0, 0.05) is 32.6 Å². The molecule has 1 aliphatic heterocycles. The predicted molar refractivity (Wildman–Crippen MR) is 73.9 cm³/mol. The molecule has 0 aliphatic carbocycles. The minimum atomic E-state index is -4.88. The van der Waals surface area contributed by atoms with Crippen LogP contribution in [0.15, 0.2) is 24.3 Å². The number of rotatable bonds is 3. The summed E-state index contributed by atoms with van der Waals surface area (Å²) in [6, 6.07) is 5.79. The average molecular weight is 332 g/mol. The van der Waals surface area contributed by atoms with E-state index in [0.29, 0.717) is 11.3 Å². The molecule has 0 bridgehead atoms. The van der Waals surface area contributed by atoms with Crippen LogP contribution in [0.5, 0.6) is 0 Å². The number of carbonyl (C=O) groups is 2. The fourth-order valence-corrected chi connectivity index (χ4v) is 2.40. The van der Waals surface area contributed by atoms with Crippen LogP contribution in [0.2, 0.25) is 0 Å². The highest BCUT2D eigenvalue weighted by Crippen LogP contribution is 2.19. The highest BCUT2D eigenvalue weighted by atomic mass is 19.4. The zero-order chi connectivity index (χ0) is 17.0. The van der Waals surface area contributed by atoms with Crippen LogP contribution in [0.1, 0.15) is 12.0 Å². The van der Waals surface area contributed by atoms with E-state index in [-0.39, 0.29) is 44.3 Å². The molecule has 23 heavy (non-hydrogen) atoms. The lowest BCUT2D eigenvalue weighted by atomic mass is 10.1. The van der Waals surface area contributed by atoms with Crippen LogP contribution in [-0.2, 0) is 16.0 Å². The fraction of sp³-hybridized carbons (Fsp3) is 0.467. The molecule has 126 valence electrons. The molecule has 2 rings (SSSR count). The molecule has 0 aromatic heterocycles. The van der Waals surface area contributed by atoms with Crippen molar-refractivity contribution in [2.24, 2.45) is 0 Å². The molecule has 0 unspecified atom stereocenters. The Morgan fingerprint density at radius 2 is 1.48 bits per heavy atom. The number of amides is 2. The molecule has 1 aliphatic rings. The van der Waals surface area contributed by atoms with Gasteiger partial charge in [0.1, 0.15) is 5.82 Å². The summed E-state index contributed by atoms with van der Waals surface area (Å²) in [5.41, 5.74) is 0.811. The summed E-state index contributed by atoms with van der Waals surface area (Å²) in [4.78, 5) is 25.3. The van der Waals surface area contributed by atoms with Crippen molar-refractivity contribution in [3.8, 4) is 0 Å². The number of carbonyl (C=O) groups excluding carboxylic acids is 2. The van der Waals surface area contributed by atoms with Crippen molar-refractivity contribution in [2.75, 3.05) is 26.2 Å². The monoisotopic (exact) mass is 332 g/mol. The molecular weight excluding hydrogens is 316 g/mol. The van der Waals surface area contributed by atoms with E-state index in [1.54, 1.807) is 12.1 Å². The Bertz CT molecular complexity index is 564. The van der Waals surface area contributed by atoms with Gasteiger partial charge in [0.2, 0.25) is 5.91 Å². The molecule has 0 spiro atoms. The van der Waals surface area contributed by atoms with E-state index < -0.39 is 12.1 Å². The Morgan fingerprint density at radius 3 is 2.00 bits per heavy atom. The smallest absolute Gasteiger partial charge is 0.339 e. The number of piperazine rings is 1. The van der Waals surface area contributed by atoms with Gasteiger partial charge in [0.05, 0.1) is 0 Å². The Kier molecular flexibility index (Phi) is 5.23. The molecule has 1 fully saturated rings. The van der Waals surface area contributed by atoms with E-state index in [0.717, 1.165) is 5.56 Å². The largest absolute Gasteiger partial charge is 0.471 e. The molecule has 1 aromatic rings. The van der Waals surface area contributed by atoms with Crippen LogP contribution in [0.4, 0.5) is 17.6 Å². The second-order valence-electron chi connectivity index (χ2n) is 5.30. The molecule has 1 heterocycles. The number of hydrogen-bond donors (Lipinski definition) is 0. The van der Waals surface area contributed by atoms with Crippen LogP contribution >= 0.6 is 0 Å². The van der Waals surface area contributed by atoms with Crippen LogP contribution in [0, 0.1) is 5.82 Å². The third-order valence-corrected chi connectivity index (χ3v) is 3.70. The van der Waals surface area contributed by atoms with Gasteiger partial charge in [-0.1, -0.05) is 12.1 Å². The Balaban J connectivity index is 1.79. The molecule has 0 N–H and O–H groups in total. The Morgan fingerprint density at radius 1 is 0.957 bits per heavy atom. The van der Waals surface area contributed by atoms with Crippen molar-refractivity contribution in [2.45, 2.75) is 19.0 Å². The SMILES string of the molecule is O=C(CCc1ccc(F)cc1)N1CCN(C(=O)C(F)(F)F)CC1. The number of hydrogen-bond acceptors (Lipinski definition) is 2. The van der Waals surface area contributed by atoms with Crippen molar-refractivity contribution in [3.63, 3.8) is 0 Å². The summed E-state index contributed by atoms with van der Waals surface area (Å²) in [5.74, 6) is -2.41. The lowest BCUT2D eigenvalue weighted by Gasteiger charge is -2.35. The molecule has 1 saturated heterocycles. The fourth-order valence-electron chi connectivity index (χ4n) is 2.40. The number of halogens is 4. The van der Waals surface area contributed by atoms with E-state index in [1.807, 2.05) is 0 Å². The lowest BCUT2D eigenvalue weighted by Crippen LogP contribution is -2.53. The van der Waals surface area contributed by atoms with Crippen LogP contribution in [-0.4, -0.2) is 54.0 Å². The minimum absolute atomic E-state index is 0.0874. The van der Waals surface area contributed by atoms with Crippen molar-refractivity contribution in [1.82, 2.24) is 9.80 Å². The summed E-state index contributed by atoms with van der Waals surface area (Å²) in [5, 5.41) is 0. The van der Waals surface area contributed by atoms with E-state index in [9.17, 15) is 27.2 Å². The average Bonchev–Trinajstić information content (AvgIpc) is 2.52. The molecule has 0 atom stereocenters. The van der Waals surface area contributed by atoms with Crippen LogP contribution in [0.3, 0.4) is 0 Å². The zero-order valence-electron chi connectivity index (χ0n) is 12.3. The van der Waals surface area contributed by atoms with Gasteiger partial charge in [-0.3, -0.25) is 9.59 Å². The van der Waals surface area contributed by atoms with Crippen molar-refractivity contribution in [3.05, 3.63) is 35.6 Å². The third kappa shape index (κ3) is 4.67. The maximum absolute atomic E-state index is 12.8. The van der Waals surface area contributed by atoms with Gasteiger partial charge in [0.25, 0.3) is 0 Å². The van der Waals surface area contributed by atoms with Gasteiger partial charge in [-0.05, 0) is 24.1 Å². The normalized spacial score (nSPS) is 15.7. The summed E-state index contributed by atoms with van der Waals surface area (Å²) in [7, 11) is 0. The van der Waals surface area contributed by atoms with E-state index >= 15 is 0 Å². The zero-order valence-corrected chi connectivity index (χ0v) is 12.3. The molecule has 1 aromatic carbocycles. The standard InChI is InChI=1S/C15H16F4N2O2/c16-12-4-1-11(2-5-12)3-6-13(22)20-7-9-21(10-8-20)14(23)15(17,18)19/h1-2,4-5H,3,6-10H2. The van der Waals surface area contributed by atoms with E-state index in [1.165, 1.54) is 17.0 Å². The molecule has 0 saturated carbocycles. The van der Waals surface area contributed by atoms with Crippen molar-refractivity contribution < 1.29 is 27.2 Å². The molecule has 2 amide bonds. The molecule has 4 nitrogen and oxygen atoms in total. The highest BCUT2D eigenvalue weighted by Gasteiger charge is 2.43. The first-order chi connectivity index (χ1) is 10.8. The van der Waals surface area contributed by atoms with E-state index in [2.05, 4.69) is 0 Å². The van der Waals surface area contributed by atoms with Crippen molar-refractivity contribution in [1.29, 1.82) is 0 Å². The first kappa shape index (κ1) is 17.2. The number of benzene rings is 1. The predicted octanol–water partition coefficient (Wildman–Crippen LogP) is 1.99. The Labute approximate surface area is 130 Å². The first-order valence-electron chi connectivity index (χ1n) is 7.15. The lowest BCUT2D eigenvalue weighted by molar-refractivity contribution is -0.187. The van der Waals surface area contributed by atoms with Crippen LogP contribution < -0.4 is 0 Å².